The number of methoxy groups -OCH3 is 1. The molecule has 9 heteroatoms. The molecule has 0 aliphatic rings. The average molecular weight is 455 g/mol. The van der Waals surface area contributed by atoms with Crippen LogP contribution in [0.2, 0.25) is 0 Å². The molecule has 170 valence electrons. The van der Waals surface area contributed by atoms with Gasteiger partial charge in [-0.15, -0.1) is 5.10 Å². The number of carbonyl (C=O) groups is 1. The number of carbonyl (C=O) groups excluding carboxylic acids is 1. The Morgan fingerprint density at radius 2 is 1.74 bits per heavy atom. The summed E-state index contributed by atoms with van der Waals surface area (Å²) in [5, 5.41) is 7.16. The molecule has 3 aromatic carbocycles. The lowest BCUT2D eigenvalue weighted by Gasteiger charge is -2.09. The number of rotatable bonds is 6. The Hall–Kier alpha value is -4.66. The van der Waals surface area contributed by atoms with Crippen LogP contribution in [0.15, 0.2) is 77.6 Å². The first kappa shape index (κ1) is 21.2. The molecular formula is C25H21N5O4. The molecule has 9 nitrogen and oxygen atoms in total. The van der Waals surface area contributed by atoms with E-state index in [4.69, 9.17) is 9.47 Å². The van der Waals surface area contributed by atoms with Crippen LogP contribution in [0.3, 0.4) is 0 Å². The first-order chi connectivity index (χ1) is 16.5. The fourth-order valence-corrected chi connectivity index (χ4v) is 3.63. The van der Waals surface area contributed by atoms with Crippen molar-refractivity contribution in [1.82, 2.24) is 19.2 Å². The Balaban J connectivity index is 1.53. The van der Waals surface area contributed by atoms with Gasteiger partial charge in [-0.25, -0.2) is 18.9 Å². The lowest BCUT2D eigenvalue weighted by atomic mass is 10.2. The van der Waals surface area contributed by atoms with E-state index in [1.165, 1.54) is 4.40 Å². The normalized spacial score (nSPS) is 11.0. The Bertz CT molecular complexity index is 1570. The van der Waals surface area contributed by atoms with Gasteiger partial charge in [-0.05, 0) is 55.0 Å². The molecule has 34 heavy (non-hydrogen) atoms. The maximum absolute atomic E-state index is 13.3. The van der Waals surface area contributed by atoms with Crippen LogP contribution in [0.4, 0.5) is 5.69 Å². The molecule has 0 saturated heterocycles. The third-order valence-corrected chi connectivity index (χ3v) is 5.34. The van der Waals surface area contributed by atoms with Gasteiger partial charge < -0.3 is 14.8 Å². The van der Waals surface area contributed by atoms with Gasteiger partial charge in [-0.2, -0.15) is 0 Å². The van der Waals surface area contributed by atoms with E-state index in [2.05, 4.69) is 15.4 Å². The predicted octanol–water partition coefficient (Wildman–Crippen LogP) is 3.79. The number of ether oxygens (including phenoxy) is 2. The lowest BCUT2D eigenvalue weighted by molar-refractivity contribution is -0.117. The fraction of sp³-hybridized carbons (Fsp3) is 0.120. The topological polar surface area (TPSA) is 99.8 Å². The molecule has 0 unspecified atom stereocenters. The maximum Gasteiger partial charge on any atom is 0.351 e. The summed E-state index contributed by atoms with van der Waals surface area (Å²) in [6.45, 7) is 1.65. The SMILES string of the molecule is COc1ccc(NC(=O)Cn2nc3c(Oc4ccccc4C)nc4ccccc4n3c2=O)cc1. The number of para-hydroxylation sites is 3. The van der Waals surface area contributed by atoms with Gasteiger partial charge in [0.1, 0.15) is 18.0 Å². The standard InChI is InChI=1S/C25H21N5O4/c1-16-7-3-6-10-21(16)34-24-23-28-29(15-22(31)26-17-11-13-18(33-2)14-12-17)25(32)30(23)20-9-5-4-8-19(20)27-24/h3-14H,15H2,1-2H3,(H,26,31). The minimum absolute atomic E-state index is 0.180. The molecule has 0 atom stereocenters. The Morgan fingerprint density at radius 3 is 2.50 bits per heavy atom. The highest BCUT2D eigenvalue weighted by molar-refractivity contribution is 5.90. The fourth-order valence-electron chi connectivity index (χ4n) is 3.63. The highest BCUT2D eigenvalue weighted by atomic mass is 16.5. The molecule has 5 rings (SSSR count). The number of anilines is 1. The quantitative estimate of drug-likeness (QED) is 0.418. The molecule has 0 aliphatic heterocycles. The molecule has 0 spiro atoms. The second kappa shape index (κ2) is 8.70. The van der Waals surface area contributed by atoms with E-state index in [0.29, 0.717) is 28.2 Å². The van der Waals surface area contributed by atoms with Crippen LogP contribution in [0, 0.1) is 6.92 Å². The van der Waals surface area contributed by atoms with Crippen LogP contribution in [0.25, 0.3) is 16.7 Å². The van der Waals surface area contributed by atoms with Crippen molar-refractivity contribution < 1.29 is 14.3 Å². The number of nitrogens with zero attached hydrogens (tertiary/aromatic N) is 4. The van der Waals surface area contributed by atoms with E-state index < -0.39 is 11.6 Å². The zero-order valence-corrected chi connectivity index (χ0v) is 18.6. The van der Waals surface area contributed by atoms with Gasteiger partial charge in [0.15, 0.2) is 0 Å². The van der Waals surface area contributed by atoms with E-state index in [-0.39, 0.29) is 18.1 Å². The lowest BCUT2D eigenvalue weighted by Crippen LogP contribution is -2.28. The van der Waals surface area contributed by atoms with Crippen molar-refractivity contribution in [2.75, 3.05) is 12.4 Å². The van der Waals surface area contributed by atoms with Gasteiger partial charge in [0, 0.05) is 5.69 Å². The van der Waals surface area contributed by atoms with Crippen molar-refractivity contribution in [2.45, 2.75) is 13.5 Å². The summed E-state index contributed by atoms with van der Waals surface area (Å²) in [6.07, 6.45) is 0. The molecular weight excluding hydrogens is 434 g/mol. The summed E-state index contributed by atoms with van der Waals surface area (Å²) in [6, 6.07) is 21.6. The highest BCUT2D eigenvalue weighted by Crippen LogP contribution is 2.28. The molecule has 1 amide bonds. The summed E-state index contributed by atoms with van der Waals surface area (Å²) >= 11 is 0. The zero-order chi connectivity index (χ0) is 23.7. The molecule has 0 saturated carbocycles. The Labute approximate surface area is 194 Å². The summed E-state index contributed by atoms with van der Waals surface area (Å²) in [4.78, 5) is 30.5. The molecule has 0 aliphatic carbocycles. The van der Waals surface area contributed by atoms with Crippen molar-refractivity contribution in [1.29, 1.82) is 0 Å². The van der Waals surface area contributed by atoms with Crippen molar-refractivity contribution in [3.8, 4) is 17.4 Å². The number of hydrogen-bond acceptors (Lipinski definition) is 6. The van der Waals surface area contributed by atoms with Crippen molar-refractivity contribution in [2.24, 2.45) is 0 Å². The van der Waals surface area contributed by atoms with Gasteiger partial charge in [-0.1, -0.05) is 30.3 Å². The largest absolute Gasteiger partial charge is 0.497 e. The number of benzene rings is 3. The minimum Gasteiger partial charge on any atom is -0.497 e. The van der Waals surface area contributed by atoms with Crippen LogP contribution in [-0.4, -0.2) is 32.2 Å². The number of fused-ring (bicyclic) bond motifs is 3. The predicted molar refractivity (Wildman–Crippen MR) is 128 cm³/mol. The van der Waals surface area contributed by atoms with E-state index in [9.17, 15) is 9.59 Å². The van der Waals surface area contributed by atoms with E-state index in [1.54, 1.807) is 43.5 Å². The second-order valence-electron chi connectivity index (χ2n) is 7.65. The number of amides is 1. The first-order valence-electron chi connectivity index (χ1n) is 10.6. The average Bonchev–Trinajstić information content (AvgIpc) is 3.17. The van der Waals surface area contributed by atoms with Crippen LogP contribution in [0.5, 0.6) is 17.4 Å². The van der Waals surface area contributed by atoms with Crippen molar-refractivity contribution in [3.05, 3.63) is 88.8 Å². The van der Waals surface area contributed by atoms with E-state index in [0.717, 1.165) is 10.2 Å². The third-order valence-electron chi connectivity index (χ3n) is 5.34. The van der Waals surface area contributed by atoms with Crippen LogP contribution < -0.4 is 20.5 Å². The molecule has 0 radical (unpaired) electrons. The highest BCUT2D eigenvalue weighted by Gasteiger charge is 2.19. The number of aromatic nitrogens is 4. The van der Waals surface area contributed by atoms with Crippen LogP contribution in [-0.2, 0) is 11.3 Å². The van der Waals surface area contributed by atoms with Gasteiger partial charge in [-0.3, -0.25) is 4.79 Å². The van der Waals surface area contributed by atoms with E-state index in [1.807, 2.05) is 43.3 Å². The van der Waals surface area contributed by atoms with Gasteiger partial charge in [0.25, 0.3) is 5.88 Å². The van der Waals surface area contributed by atoms with E-state index >= 15 is 0 Å². The van der Waals surface area contributed by atoms with Gasteiger partial charge >= 0.3 is 5.69 Å². The monoisotopic (exact) mass is 455 g/mol. The van der Waals surface area contributed by atoms with Gasteiger partial charge in [0.2, 0.25) is 11.6 Å². The summed E-state index contributed by atoms with van der Waals surface area (Å²) < 4.78 is 13.7. The summed E-state index contributed by atoms with van der Waals surface area (Å²) in [7, 11) is 1.57. The van der Waals surface area contributed by atoms with Crippen molar-refractivity contribution in [3.63, 3.8) is 0 Å². The molecule has 0 fully saturated rings. The number of nitrogens with one attached hydrogen (secondary N) is 1. The molecule has 1 N–H and O–H groups in total. The molecule has 2 heterocycles. The van der Waals surface area contributed by atoms with Crippen molar-refractivity contribution >= 4 is 28.3 Å². The minimum atomic E-state index is -0.465. The maximum atomic E-state index is 13.3. The molecule has 0 bridgehead atoms. The first-order valence-corrected chi connectivity index (χ1v) is 10.6. The van der Waals surface area contributed by atoms with Crippen LogP contribution in [0.1, 0.15) is 5.56 Å². The third kappa shape index (κ3) is 3.95. The number of hydrogen-bond donors (Lipinski definition) is 1. The summed E-state index contributed by atoms with van der Waals surface area (Å²) in [5.41, 5.74) is 2.40. The molecule has 2 aromatic heterocycles. The molecule has 5 aromatic rings. The Morgan fingerprint density at radius 1 is 1.00 bits per heavy atom. The Kier molecular flexibility index (Phi) is 5.43. The smallest absolute Gasteiger partial charge is 0.351 e. The van der Waals surface area contributed by atoms with Gasteiger partial charge in [0.05, 0.1) is 18.1 Å². The van der Waals surface area contributed by atoms with Crippen LogP contribution >= 0.6 is 0 Å². The zero-order valence-electron chi connectivity index (χ0n) is 18.6. The summed E-state index contributed by atoms with van der Waals surface area (Å²) in [5.74, 6) is 1.07. The number of aryl methyl sites for hydroxylation is 1. The second-order valence-corrected chi connectivity index (χ2v) is 7.65.